The van der Waals surface area contributed by atoms with Crippen LogP contribution in [0.25, 0.3) is 0 Å². The van der Waals surface area contributed by atoms with Crippen molar-refractivity contribution < 1.29 is 19.7 Å². The molecule has 23 heavy (non-hydrogen) atoms. The summed E-state index contributed by atoms with van der Waals surface area (Å²) in [6, 6.07) is 4.99. The molecule has 1 saturated carbocycles. The molecule has 3 N–H and O–H groups in total. The molecule has 1 aromatic carbocycles. The number of carbonyl (C=O) groups is 1. The third kappa shape index (κ3) is 3.52. The number of piperidine rings is 1. The highest BCUT2D eigenvalue weighted by atomic mass is 16.6. The lowest BCUT2D eigenvalue weighted by Gasteiger charge is -2.26. The first-order valence-electron chi connectivity index (χ1n) is 7.97. The molecule has 0 bridgehead atoms. The predicted molar refractivity (Wildman–Crippen MR) is 85.2 cm³/mol. The van der Waals surface area contributed by atoms with Gasteiger partial charge in [0, 0.05) is 37.3 Å². The van der Waals surface area contributed by atoms with Crippen LogP contribution in [-0.4, -0.2) is 45.9 Å². The zero-order valence-corrected chi connectivity index (χ0v) is 13.7. The maximum Gasteiger partial charge on any atom is 0.410 e. The van der Waals surface area contributed by atoms with E-state index in [9.17, 15) is 15.0 Å². The number of amides is 1. The van der Waals surface area contributed by atoms with E-state index in [1.165, 1.54) is 6.07 Å². The van der Waals surface area contributed by atoms with Crippen molar-refractivity contribution in [2.75, 3.05) is 13.1 Å². The number of fused-ring (bicyclic) bond motifs is 1. The molecule has 0 aromatic heterocycles. The Balaban J connectivity index is 1.46. The molecular formula is C17H24N2O4. The molecule has 1 aliphatic heterocycles. The fourth-order valence-corrected chi connectivity index (χ4v) is 3.23. The molecule has 1 aromatic rings. The lowest BCUT2D eigenvalue weighted by atomic mass is 10.2. The quantitative estimate of drug-likeness (QED) is 0.794. The molecule has 1 aliphatic carbocycles. The van der Waals surface area contributed by atoms with Crippen molar-refractivity contribution in [2.45, 2.75) is 39.0 Å². The summed E-state index contributed by atoms with van der Waals surface area (Å²) in [5, 5.41) is 22.5. The normalized spacial score (nSPS) is 26.0. The van der Waals surface area contributed by atoms with Crippen molar-refractivity contribution in [2.24, 2.45) is 11.8 Å². The second-order valence-electron chi connectivity index (χ2n) is 7.43. The van der Waals surface area contributed by atoms with Crippen molar-refractivity contribution in [3.8, 4) is 11.5 Å². The molecule has 6 heteroatoms. The van der Waals surface area contributed by atoms with Gasteiger partial charge in [0.05, 0.1) is 0 Å². The number of benzene rings is 1. The van der Waals surface area contributed by atoms with Gasteiger partial charge in [-0.15, -0.1) is 0 Å². The first-order chi connectivity index (χ1) is 10.7. The van der Waals surface area contributed by atoms with Crippen LogP contribution < -0.4 is 5.32 Å². The van der Waals surface area contributed by atoms with Crippen LogP contribution in [0, 0.1) is 11.8 Å². The minimum Gasteiger partial charge on any atom is -0.508 e. The van der Waals surface area contributed by atoms with Crippen molar-refractivity contribution in [1.82, 2.24) is 10.2 Å². The van der Waals surface area contributed by atoms with Crippen molar-refractivity contribution in [3.63, 3.8) is 0 Å². The minimum atomic E-state index is -0.460. The van der Waals surface area contributed by atoms with Gasteiger partial charge in [-0.25, -0.2) is 4.79 Å². The van der Waals surface area contributed by atoms with E-state index in [2.05, 4.69) is 5.32 Å². The van der Waals surface area contributed by atoms with E-state index < -0.39 is 5.60 Å². The lowest BCUT2D eigenvalue weighted by Crippen LogP contribution is -2.39. The number of phenolic OH excluding ortho intramolecular Hbond substituents is 2. The fourth-order valence-electron chi connectivity index (χ4n) is 3.23. The van der Waals surface area contributed by atoms with E-state index in [0.717, 1.165) is 18.7 Å². The summed E-state index contributed by atoms with van der Waals surface area (Å²) in [6.07, 6.45) is -0.236. The van der Waals surface area contributed by atoms with Gasteiger partial charge in [0.15, 0.2) is 0 Å². The standard InChI is InChI=1S/C17H24N2O4/c1-17(2,3)23-16(22)19-8-12-13(9-19)15(12)18-7-10-4-5-11(20)6-14(10)21/h4-6,12-13,15,18,20-21H,7-9H2,1-3H3. The summed E-state index contributed by atoms with van der Waals surface area (Å²) < 4.78 is 5.39. The second kappa shape index (κ2) is 5.60. The van der Waals surface area contributed by atoms with Gasteiger partial charge >= 0.3 is 6.09 Å². The molecule has 3 rings (SSSR count). The topological polar surface area (TPSA) is 82.0 Å². The van der Waals surface area contributed by atoms with Gasteiger partial charge in [0.1, 0.15) is 17.1 Å². The Bertz CT molecular complexity index is 599. The molecule has 1 saturated heterocycles. The average molecular weight is 320 g/mol. The first kappa shape index (κ1) is 15.9. The van der Waals surface area contributed by atoms with E-state index in [0.29, 0.717) is 24.4 Å². The Kier molecular flexibility index (Phi) is 3.88. The Morgan fingerprint density at radius 3 is 2.52 bits per heavy atom. The van der Waals surface area contributed by atoms with E-state index in [1.54, 1.807) is 17.0 Å². The van der Waals surface area contributed by atoms with Crippen LogP contribution in [0.3, 0.4) is 0 Å². The monoisotopic (exact) mass is 320 g/mol. The highest BCUT2D eigenvalue weighted by Gasteiger charge is 2.56. The van der Waals surface area contributed by atoms with E-state index in [4.69, 9.17) is 4.74 Å². The second-order valence-corrected chi connectivity index (χ2v) is 7.43. The molecule has 2 fully saturated rings. The third-order valence-corrected chi connectivity index (χ3v) is 4.44. The number of aromatic hydroxyl groups is 2. The summed E-state index contributed by atoms with van der Waals surface area (Å²) in [7, 11) is 0. The number of phenols is 2. The number of carbonyl (C=O) groups excluding carboxylic acids is 1. The number of hydrogen-bond acceptors (Lipinski definition) is 5. The molecular weight excluding hydrogens is 296 g/mol. The van der Waals surface area contributed by atoms with Crippen LogP contribution in [0.2, 0.25) is 0 Å². The molecule has 126 valence electrons. The van der Waals surface area contributed by atoms with E-state index in [-0.39, 0.29) is 17.6 Å². The zero-order chi connectivity index (χ0) is 16.8. The highest BCUT2D eigenvalue weighted by molar-refractivity contribution is 5.69. The summed E-state index contributed by atoms with van der Waals surface area (Å²) in [5.74, 6) is 1.07. The van der Waals surface area contributed by atoms with Gasteiger partial charge in [-0.05, 0) is 38.7 Å². The van der Waals surface area contributed by atoms with Crippen LogP contribution in [0.4, 0.5) is 4.79 Å². The molecule has 1 amide bonds. The first-order valence-corrected chi connectivity index (χ1v) is 7.97. The molecule has 1 heterocycles. The number of hydrogen-bond donors (Lipinski definition) is 3. The molecule has 2 aliphatic rings. The van der Waals surface area contributed by atoms with Gasteiger partial charge in [0.2, 0.25) is 0 Å². The largest absolute Gasteiger partial charge is 0.508 e. The van der Waals surface area contributed by atoms with Crippen molar-refractivity contribution in [3.05, 3.63) is 23.8 Å². The van der Waals surface area contributed by atoms with Gasteiger partial charge in [0.25, 0.3) is 0 Å². The molecule has 2 atom stereocenters. The average Bonchev–Trinajstić information content (AvgIpc) is 2.88. The van der Waals surface area contributed by atoms with Gasteiger partial charge in [-0.1, -0.05) is 6.07 Å². The van der Waals surface area contributed by atoms with Gasteiger partial charge in [-0.2, -0.15) is 0 Å². The van der Waals surface area contributed by atoms with Crippen LogP contribution in [-0.2, 0) is 11.3 Å². The van der Waals surface area contributed by atoms with E-state index in [1.807, 2.05) is 20.8 Å². The van der Waals surface area contributed by atoms with Gasteiger partial charge in [-0.3, -0.25) is 0 Å². The van der Waals surface area contributed by atoms with Crippen molar-refractivity contribution in [1.29, 1.82) is 0 Å². The maximum absolute atomic E-state index is 12.0. The Hall–Kier alpha value is -1.95. The van der Waals surface area contributed by atoms with Crippen molar-refractivity contribution >= 4 is 6.09 Å². The number of nitrogens with one attached hydrogen (secondary N) is 1. The predicted octanol–water partition coefficient (Wildman–Crippen LogP) is 2.05. The van der Waals surface area contributed by atoms with Crippen LogP contribution in [0.5, 0.6) is 11.5 Å². The number of ether oxygens (including phenoxy) is 1. The van der Waals surface area contributed by atoms with E-state index >= 15 is 0 Å². The van der Waals surface area contributed by atoms with Gasteiger partial charge < -0.3 is 25.2 Å². The minimum absolute atomic E-state index is 0.0579. The van der Waals surface area contributed by atoms with Crippen LogP contribution in [0.15, 0.2) is 18.2 Å². The molecule has 2 unspecified atom stereocenters. The summed E-state index contributed by atoms with van der Waals surface area (Å²) >= 11 is 0. The van der Waals surface area contributed by atoms with Crippen LogP contribution >= 0.6 is 0 Å². The third-order valence-electron chi connectivity index (χ3n) is 4.44. The number of rotatable bonds is 3. The smallest absolute Gasteiger partial charge is 0.410 e. The number of nitrogens with zero attached hydrogens (tertiary/aromatic N) is 1. The summed E-state index contributed by atoms with van der Waals surface area (Å²) in [4.78, 5) is 13.8. The number of likely N-dealkylation sites (tertiary alicyclic amines) is 1. The highest BCUT2D eigenvalue weighted by Crippen LogP contribution is 2.46. The van der Waals surface area contributed by atoms with Crippen LogP contribution in [0.1, 0.15) is 26.3 Å². The zero-order valence-electron chi connectivity index (χ0n) is 13.7. The fraction of sp³-hybridized carbons (Fsp3) is 0.588. The summed E-state index contributed by atoms with van der Waals surface area (Å²) in [6.45, 7) is 7.61. The molecule has 6 nitrogen and oxygen atoms in total. The Morgan fingerprint density at radius 2 is 1.96 bits per heavy atom. The molecule has 0 radical (unpaired) electrons. The Morgan fingerprint density at radius 1 is 1.30 bits per heavy atom. The SMILES string of the molecule is CC(C)(C)OC(=O)N1CC2C(C1)C2NCc1ccc(O)cc1O. The maximum atomic E-state index is 12.0. The lowest BCUT2D eigenvalue weighted by molar-refractivity contribution is 0.0269. The summed E-state index contributed by atoms with van der Waals surface area (Å²) in [5.41, 5.74) is 0.300. The Labute approximate surface area is 136 Å². The molecule has 0 spiro atoms.